The molecule has 0 radical (unpaired) electrons. The molecule has 178 valence electrons. The second-order valence-electron chi connectivity index (χ2n) is 7.67. The number of halogens is 2. The fourth-order valence-corrected chi connectivity index (χ4v) is 3.35. The third-order valence-corrected chi connectivity index (χ3v) is 5.03. The number of carbonyl (C=O) groups is 2. The van der Waals surface area contributed by atoms with Crippen LogP contribution in [0.1, 0.15) is 16.7 Å². The van der Waals surface area contributed by atoms with Crippen LogP contribution in [0.4, 0.5) is 13.6 Å². The summed E-state index contributed by atoms with van der Waals surface area (Å²) in [4.78, 5) is 27.1. The van der Waals surface area contributed by atoms with Gasteiger partial charge in [-0.25, -0.2) is 4.79 Å². The Morgan fingerprint density at radius 3 is 2.03 bits per heavy atom. The maximum atomic E-state index is 13.2. The van der Waals surface area contributed by atoms with E-state index in [9.17, 15) is 18.4 Å². The molecule has 0 aliphatic rings. The highest BCUT2D eigenvalue weighted by Gasteiger charge is 2.25. The first-order valence-corrected chi connectivity index (χ1v) is 10.7. The molecule has 0 saturated heterocycles. The molecular weight excluding hydrogens is 442 g/mol. The quantitative estimate of drug-likeness (QED) is 0.465. The van der Waals surface area contributed by atoms with E-state index in [-0.39, 0.29) is 31.2 Å². The van der Waals surface area contributed by atoms with Crippen LogP contribution in [0.3, 0.4) is 0 Å². The summed E-state index contributed by atoms with van der Waals surface area (Å²) < 4.78 is 34.3. The molecule has 6 nitrogen and oxygen atoms in total. The van der Waals surface area contributed by atoms with Gasteiger partial charge in [-0.2, -0.15) is 8.78 Å². The molecule has 0 fully saturated rings. The van der Waals surface area contributed by atoms with Crippen LogP contribution < -0.4 is 10.1 Å². The molecule has 2 amide bonds. The Hall–Kier alpha value is -3.94. The molecule has 0 saturated carbocycles. The molecule has 1 atom stereocenters. The zero-order valence-corrected chi connectivity index (χ0v) is 18.7. The van der Waals surface area contributed by atoms with Crippen molar-refractivity contribution in [2.45, 2.75) is 32.2 Å². The number of alkyl carbamates (subject to hydrolysis) is 1. The van der Waals surface area contributed by atoms with Gasteiger partial charge in [0, 0.05) is 20.0 Å². The maximum absolute atomic E-state index is 13.2. The van der Waals surface area contributed by atoms with Gasteiger partial charge < -0.3 is 19.7 Å². The van der Waals surface area contributed by atoms with Crippen LogP contribution in [-0.4, -0.2) is 36.6 Å². The Labute approximate surface area is 197 Å². The van der Waals surface area contributed by atoms with Gasteiger partial charge in [0.2, 0.25) is 5.91 Å². The van der Waals surface area contributed by atoms with Crippen molar-refractivity contribution in [2.75, 3.05) is 7.05 Å². The van der Waals surface area contributed by atoms with Crippen LogP contribution in [0.5, 0.6) is 5.75 Å². The van der Waals surface area contributed by atoms with Gasteiger partial charge in [-0.05, 0) is 28.8 Å². The van der Waals surface area contributed by atoms with Crippen molar-refractivity contribution in [1.29, 1.82) is 0 Å². The minimum Gasteiger partial charge on any atom is -0.445 e. The lowest BCUT2D eigenvalue weighted by Crippen LogP contribution is -2.48. The highest BCUT2D eigenvalue weighted by Crippen LogP contribution is 2.16. The largest absolute Gasteiger partial charge is 0.445 e. The lowest BCUT2D eigenvalue weighted by atomic mass is 10.0. The van der Waals surface area contributed by atoms with Crippen molar-refractivity contribution in [2.24, 2.45) is 0 Å². The van der Waals surface area contributed by atoms with Crippen LogP contribution in [0, 0.1) is 0 Å². The molecule has 0 spiro atoms. The first-order chi connectivity index (χ1) is 16.4. The number of nitrogens with zero attached hydrogens (tertiary/aromatic N) is 1. The van der Waals surface area contributed by atoms with Crippen LogP contribution in [-0.2, 0) is 29.1 Å². The fraction of sp³-hybridized carbons (Fsp3) is 0.231. The predicted octanol–water partition coefficient (Wildman–Crippen LogP) is 4.78. The minimum absolute atomic E-state index is 0.0394. The van der Waals surface area contributed by atoms with E-state index in [2.05, 4.69) is 10.1 Å². The van der Waals surface area contributed by atoms with E-state index in [1.165, 1.54) is 17.0 Å². The van der Waals surface area contributed by atoms with Crippen molar-refractivity contribution >= 4 is 12.0 Å². The molecule has 1 unspecified atom stereocenters. The number of hydrogen-bond acceptors (Lipinski definition) is 4. The number of carbonyl (C=O) groups excluding carboxylic acids is 2. The third kappa shape index (κ3) is 7.88. The number of hydrogen-bond donors (Lipinski definition) is 1. The molecule has 1 N–H and O–H groups in total. The van der Waals surface area contributed by atoms with Crippen LogP contribution in [0.25, 0.3) is 0 Å². The summed E-state index contributed by atoms with van der Waals surface area (Å²) in [6, 6.07) is 23.8. The molecule has 0 aliphatic carbocycles. The van der Waals surface area contributed by atoms with Gasteiger partial charge in [-0.1, -0.05) is 72.8 Å². The van der Waals surface area contributed by atoms with Crippen LogP contribution >= 0.6 is 0 Å². The number of amides is 2. The van der Waals surface area contributed by atoms with Gasteiger partial charge in [0.05, 0.1) is 0 Å². The molecule has 3 rings (SSSR count). The van der Waals surface area contributed by atoms with E-state index in [1.54, 1.807) is 19.2 Å². The normalized spacial score (nSPS) is 11.5. The summed E-state index contributed by atoms with van der Waals surface area (Å²) in [6.45, 7) is -2.59. The standard InChI is InChI=1S/C26H26F2N2O4/c1-30(17-20-12-14-22(15-13-20)34-25(27)28)24(31)23(16-19-8-4-2-5-9-19)29-26(32)33-18-21-10-6-3-7-11-21/h2-15,23,25H,16-18H2,1H3,(H,29,32). The average Bonchev–Trinajstić information content (AvgIpc) is 2.84. The summed E-state index contributed by atoms with van der Waals surface area (Å²) >= 11 is 0. The molecule has 0 aromatic heterocycles. The van der Waals surface area contributed by atoms with E-state index in [0.29, 0.717) is 0 Å². The Morgan fingerprint density at radius 1 is 0.853 bits per heavy atom. The summed E-state index contributed by atoms with van der Waals surface area (Å²) in [5, 5.41) is 2.68. The summed E-state index contributed by atoms with van der Waals surface area (Å²) in [7, 11) is 1.61. The zero-order valence-electron chi connectivity index (χ0n) is 18.7. The van der Waals surface area contributed by atoms with Crippen molar-refractivity contribution in [3.63, 3.8) is 0 Å². The number of alkyl halides is 2. The fourth-order valence-electron chi connectivity index (χ4n) is 3.35. The lowest BCUT2D eigenvalue weighted by Gasteiger charge is -2.25. The van der Waals surface area contributed by atoms with E-state index < -0.39 is 18.7 Å². The van der Waals surface area contributed by atoms with Crippen molar-refractivity contribution in [3.8, 4) is 5.75 Å². The summed E-state index contributed by atoms with van der Waals surface area (Å²) in [5.74, 6) is -0.272. The van der Waals surface area contributed by atoms with E-state index in [4.69, 9.17) is 4.74 Å². The highest BCUT2D eigenvalue weighted by atomic mass is 19.3. The van der Waals surface area contributed by atoms with Gasteiger partial charge >= 0.3 is 12.7 Å². The highest BCUT2D eigenvalue weighted by molar-refractivity contribution is 5.85. The minimum atomic E-state index is -2.90. The molecule has 3 aromatic rings. The van der Waals surface area contributed by atoms with Gasteiger partial charge in [-0.15, -0.1) is 0 Å². The second-order valence-corrected chi connectivity index (χ2v) is 7.67. The molecule has 0 aliphatic heterocycles. The van der Waals surface area contributed by atoms with Gasteiger partial charge in [-0.3, -0.25) is 4.79 Å². The molecular formula is C26H26F2N2O4. The van der Waals surface area contributed by atoms with Crippen molar-refractivity contribution < 1.29 is 27.8 Å². The van der Waals surface area contributed by atoms with Gasteiger partial charge in [0.1, 0.15) is 18.4 Å². The predicted molar refractivity (Wildman–Crippen MR) is 123 cm³/mol. The molecule has 3 aromatic carbocycles. The molecule has 0 bridgehead atoms. The van der Waals surface area contributed by atoms with E-state index in [1.807, 2.05) is 60.7 Å². The number of benzene rings is 3. The SMILES string of the molecule is CN(Cc1ccc(OC(F)F)cc1)C(=O)C(Cc1ccccc1)NC(=O)OCc1ccccc1. The van der Waals surface area contributed by atoms with Crippen LogP contribution in [0.15, 0.2) is 84.9 Å². The van der Waals surface area contributed by atoms with Gasteiger partial charge in [0.25, 0.3) is 0 Å². The van der Waals surface area contributed by atoms with Gasteiger partial charge in [0.15, 0.2) is 0 Å². The monoisotopic (exact) mass is 468 g/mol. The van der Waals surface area contributed by atoms with E-state index >= 15 is 0 Å². The first-order valence-electron chi connectivity index (χ1n) is 10.7. The van der Waals surface area contributed by atoms with Crippen LogP contribution in [0.2, 0.25) is 0 Å². The number of likely N-dealkylation sites (N-methyl/N-ethyl adjacent to an activating group) is 1. The lowest BCUT2D eigenvalue weighted by molar-refractivity contribution is -0.132. The molecule has 8 heteroatoms. The Balaban J connectivity index is 1.64. The number of nitrogens with one attached hydrogen (secondary N) is 1. The Bertz CT molecular complexity index is 1050. The summed E-state index contributed by atoms with van der Waals surface area (Å²) in [6.07, 6.45) is -0.411. The smallest absolute Gasteiger partial charge is 0.408 e. The maximum Gasteiger partial charge on any atom is 0.408 e. The second kappa shape index (κ2) is 12.3. The topological polar surface area (TPSA) is 67.9 Å². The van der Waals surface area contributed by atoms with E-state index in [0.717, 1.165) is 16.7 Å². The number of ether oxygens (including phenoxy) is 2. The zero-order chi connectivity index (χ0) is 24.3. The van der Waals surface area contributed by atoms with Crippen molar-refractivity contribution in [1.82, 2.24) is 10.2 Å². The third-order valence-electron chi connectivity index (χ3n) is 5.03. The molecule has 34 heavy (non-hydrogen) atoms. The van der Waals surface area contributed by atoms with Crippen molar-refractivity contribution in [3.05, 3.63) is 102 Å². The Morgan fingerprint density at radius 2 is 1.44 bits per heavy atom. The summed E-state index contributed by atoms with van der Waals surface area (Å²) in [5.41, 5.74) is 2.44. The average molecular weight is 469 g/mol. The number of rotatable bonds is 10. The molecule has 0 heterocycles. The first kappa shape index (κ1) is 24.7. The Kier molecular flexibility index (Phi) is 8.96.